The molecule has 2 fully saturated rings. The topological polar surface area (TPSA) is 56.1 Å². The van der Waals surface area contributed by atoms with Crippen molar-refractivity contribution in [3.8, 4) is 6.07 Å². The van der Waals surface area contributed by atoms with Gasteiger partial charge < -0.3 is 5.32 Å². The Kier molecular flexibility index (Phi) is 5.04. The Labute approximate surface area is 122 Å². The van der Waals surface area contributed by atoms with Gasteiger partial charge in [0.25, 0.3) is 0 Å². The average molecular weight is 277 g/mol. The van der Waals surface area contributed by atoms with Crippen LogP contribution in [0.2, 0.25) is 0 Å². The molecule has 0 aromatic rings. The number of hydrogen-bond acceptors (Lipinski definition) is 3. The van der Waals surface area contributed by atoms with E-state index in [0.29, 0.717) is 18.6 Å². The van der Waals surface area contributed by atoms with Gasteiger partial charge in [0.05, 0.1) is 6.07 Å². The van der Waals surface area contributed by atoms with Crippen LogP contribution in [0.25, 0.3) is 0 Å². The highest BCUT2D eigenvalue weighted by Crippen LogP contribution is 2.37. The van der Waals surface area contributed by atoms with Crippen molar-refractivity contribution in [2.75, 3.05) is 13.1 Å². The molecule has 1 amide bonds. The average Bonchev–Trinajstić information content (AvgIpc) is 2.95. The van der Waals surface area contributed by atoms with E-state index in [2.05, 4.69) is 30.1 Å². The summed E-state index contributed by atoms with van der Waals surface area (Å²) >= 11 is 0. The first-order chi connectivity index (χ1) is 9.59. The first-order valence-electron chi connectivity index (χ1n) is 8.04. The van der Waals surface area contributed by atoms with Gasteiger partial charge in [0.1, 0.15) is 5.41 Å². The molecule has 0 aromatic heterocycles. The van der Waals surface area contributed by atoms with Crippen LogP contribution in [0.15, 0.2) is 0 Å². The predicted octanol–water partition coefficient (Wildman–Crippen LogP) is 2.45. The van der Waals surface area contributed by atoms with Crippen LogP contribution in [0.5, 0.6) is 0 Å². The van der Waals surface area contributed by atoms with Crippen molar-refractivity contribution in [2.24, 2.45) is 5.41 Å². The van der Waals surface area contributed by atoms with Crippen molar-refractivity contribution in [2.45, 2.75) is 70.9 Å². The van der Waals surface area contributed by atoms with Crippen molar-refractivity contribution in [3.63, 3.8) is 0 Å². The van der Waals surface area contributed by atoms with Gasteiger partial charge in [-0.05, 0) is 46.1 Å². The summed E-state index contributed by atoms with van der Waals surface area (Å²) in [6.07, 6.45) is 7.27. The minimum Gasteiger partial charge on any atom is -0.353 e. The third-order valence-corrected chi connectivity index (χ3v) is 5.08. The molecule has 4 nitrogen and oxygen atoms in total. The van der Waals surface area contributed by atoms with Gasteiger partial charge in [-0.3, -0.25) is 9.69 Å². The second kappa shape index (κ2) is 6.58. The molecule has 4 heteroatoms. The quantitative estimate of drug-likeness (QED) is 0.858. The highest BCUT2D eigenvalue weighted by molar-refractivity contribution is 5.85. The standard InChI is InChI=1S/C16H27N3O/c1-13-7-3-6-10-19(13)14(2)11-18-15(20)16(12-17)8-4-5-9-16/h13-14H,3-11H2,1-2H3,(H,18,20)/t13-,14+/m0/s1. The predicted molar refractivity (Wildman–Crippen MR) is 79.0 cm³/mol. The number of carbonyl (C=O) groups excluding carboxylic acids is 1. The van der Waals surface area contributed by atoms with E-state index in [1.807, 2.05) is 0 Å². The fourth-order valence-electron chi connectivity index (χ4n) is 3.67. The summed E-state index contributed by atoms with van der Waals surface area (Å²) in [4.78, 5) is 14.8. The lowest BCUT2D eigenvalue weighted by atomic mass is 9.87. The first-order valence-corrected chi connectivity index (χ1v) is 8.04. The number of amides is 1. The molecular weight excluding hydrogens is 250 g/mol. The summed E-state index contributed by atoms with van der Waals surface area (Å²) in [6.45, 7) is 6.23. The van der Waals surface area contributed by atoms with Crippen molar-refractivity contribution in [1.29, 1.82) is 5.26 Å². The van der Waals surface area contributed by atoms with Gasteiger partial charge in [-0.15, -0.1) is 0 Å². The lowest BCUT2D eigenvalue weighted by molar-refractivity contribution is -0.128. The van der Waals surface area contributed by atoms with Gasteiger partial charge in [-0.25, -0.2) is 0 Å². The van der Waals surface area contributed by atoms with Crippen molar-refractivity contribution < 1.29 is 4.79 Å². The maximum Gasteiger partial charge on any atom is 0.240 e. The molecule has 0 unspecified atom stereocenters. The van der Waals surface area contributed by atoms with Crippen LogP contribution < -0.4 is 5.32 Å². The van der Waals surface area contributed by atoms with E-state index in [9.17, 15) is 10.1 Å². The monoisotopic (exact) mass is 277 g/mol. The Balaban J connectivity index is 1.85. The molecule has 0 spiro atoms. The normalized spacial score (nSPS) is 27.8. The van der Waals surface area contributed by atoms with E-state index >= 15 is 0 Å². The summed E-state index contributed by atoms with van der Waals surface area (Å²) in [6, 6.07) is 3.22. The summed E-state index contributed by atoms with van der Waals surface area (Å²) < 4.78 is 0. The third-order valence-electron chi connectivity index (χ3n) is 5.08. The Hall–Kier alpha value is -1.08. The fourth-order valence-corrected chi connectivity index (χ4v) is 3.67. The second-order valence-electron chi connectivity index (χ2n) is 6.54. The highest BCUT2D eigenvalue weighted by atomic mass is 16.2. The van der Waals surface area contributed by atoms with Crippen LogP contribution in [0, 0.1) is 16.7 Å². The zero-order chi connectivity index (χ0) is 14.6. The molecular formula is C16H27N3O. The molecule has 20 heavy (non-hydrogen) atoms. The Morgan fingerprint density at radius 3 is 2.70 bits per heavy atom. The zero-order valence-corrected chi connectivity index (χ0v) is 12.8. The molecule has 0 aromatic carbocycles. The van der Waals surface area contributed by atoms with Crippen LogP contribution in [0.1, 0.15) is 58.8 Å². The summed E-state index contributed by atoms with van der Waals surface area (Å²) in [5, 5.41) is 12.4. The first kappa shape index (κ1) is 15.3. The number of nitriles is 1. The van der Waals surface area contributed by atoms with Crippen LogP contribution >= 0.6 is 0 Å². The minimum atomic E-state index is -0.743. The smallest absolute Gasteiger partial charge is 0.240 e. The number of nitrogens with one attached hydrogen (secondary N) is 1. The molecule has 1 aliphatic heterocycles. The number of nitrogens with zero attached hydrogens (tertiary/aromatic N) is 2. The van der Waals surface area contributed by atoms with Gasteiger partial charge in [0.2, 0.25) is 5.91 Å². The van der Waals surface area contributed by atoms with Crippen LogP contribution in [-0.4, -0.2) is 36.0 Å². The molecule has 1 saturated carbocycles. The lowest BCUT2D eigenvalue weighted by Gasteiger charge is -2.38. The molecule has 1 saturated heterocycles. The lowest BCUT2D eigenvalue weighted by Crippen LogP contribution is -2.50. The molecule has 2 aliphatic rings. The minimum absolute atomic E-state index is 0.0472. The van der Waals surface area contributed by atoms with Crippen molar-refractivity contribution >= 4 is 5.91 Å². The van der Waals surface area contributed by atoms with Gasteiger partial charge in [-0.2, -0.15) is 5.26 Å². The molecule has 1 N–H and O–H groups in total. The van der Waals surface area contributed by atoms with Gasteiger partial charge in [-0.1, -0.05) is 19.3 Å². The van der Waals surface area contributed by atoms with E-state index in [1.165, 1.54) is 19.3 Å². The molecule has 1 aliphatic carbocycles. The number of likely N-dealkylation sites (tertiary alicyclic amines) is 1. The largest absolute Gasteiger partial charge is 0.353 e. The molecule has 112 valence electrons. The number of rotatable bonds is 4. The zero-order valence-electron chi connectivity index (χ0n) is 12.8. The van der Waals surface area contributed by atoms with E-state index in [1.54, 1.807) is 0 Å². The van der Waals surface area contributed by atoms with Crippen molar-refractivity contribution in [3.05, 3.63) is 0 Å². The number of hydrogen-bond donors (Lipinski definition) is 1. The van der Waals surface area contributed by atoms with Crippen LogP contribution in [0.4, 0.5) is 0 Å². The van der Waals surface area contributed by atoms with E-state index in [4.69, 9.17) is 0 Å². The van der Waals surface area contributed by atoms with E-state index in [0.717, 1.165) is 32.2 Å². The maximum atomic E-state index is 12.3. The molecule has 0 bridgehead atoms. The Morgan fingerprint density at radius 1 is 1.40 bits per heavy atom. The highest BCUT2D eigenvalue weighted by Gasteiger charge is 2.41. The number of piperidine rings is 1. The second-order valence-corrected chi connectivity index (χ2v) is 6.54. The van der Waals surface area contributed by atoms with Crippen LogP contribution in [-0.2, 0) is 4.79 Å². The maximum absolute atomic E-state index is 12.3. The van der Waals surface area contributed by atoms with Gasteiger partial charge in [0.15, 0.2) is 0 Å². The Bertz CT molecular complexity index is 382. The molecule has 2 rings (SSSR count). The molecule has 0 radical (unpaired) electrons. The molecule has 1 heterocycles. The van der Waals surface area contributed by atoms with E-state index < -0.39 is 5.41 Å². The van der Waals surface area contributed by atoms with E-state index in [-0.39, 0.29) is 5.91 Å². The summed E-state index contributed by atoms with van der Waals surface area (Å²) in [5.41, 5.74) is -0.743. The fraction of sp³-hybridized carbons (Fsp3) is 0.875. The summed E-state index contributed by atoms with van der Waals surface area (Å²) in [5.74, 6) is -0.0472. The third kappa shape index (κ3) is 3.15. The van der Waals surface area contributed by atoms with Gasteiger partial charge >= 0.3 is 0 Å². The van der Waals surface area contributed by atoms with Crippen molar-refractivity contribution in [1.82, 2.24) is 10.2 Å². The SMILES string of the molecule is C[C@H](CNC(=O)C1(C#N)CCCC1)N1CCCC[C@@H]1C. The Morgan fingerprint density at radius 2 is 2.10 bits per heavy atom. The number of carbonyl (C=O) groups is 1. The van der Waals surface area contributed by atoms with Gasteiger partial charge in [0, 0.05) is 18.6 Å². The molecule has 2 atom stereocenters. The van der Waals surface area contributed by atoms with Crippen LogP contribution in [0.3, 0.4) is 0 Å². The summed E-state index contributed by atoms with van der Waals surface area (Å²) in [7, 11) is 0.